The molecule has 24 heavy (non-hydrogen) atoms. The first-order valence-corrected chi connectivity index (χ1v) is 8.17. The first-order chi connectivity index (χ1) is 11.5. The SMILES string of the molecule is CCc1ccc(NC(=O)C(=O)NCc2c(C)nn(CC)c2C)cc1. The van der Waals surface area contributed by atoms with E-state index in [4.69, 9.17) is 0 Å². The van der Waals surface area contributed by atoms with Crippen molar-refractivity contribution in [1.82, 2.24) is 15.1 Å². The van der Waals surface area contributed by atoms with Crippen LogP contribution in [0, 0.1) is 13.8 Å². The van der Waals surface area contributed by atoms with E-state index in [1.807, 2.05) is 37.6 Å². The van der Waals surface area contributed by atoms with Gasteiger partial charge in [-0.1, -0.05) is 19.1 Å². The van der Waals surface area contributed by atoms with Gasteiger partial charge in [-0.2, -0.15) is 5.10 Å². The van der Waals surface area contributed by atoms with Gasteiger partial charge in [0.15, 0.2) is 0 Å². The molecule has 0 saturated carbocycles. The third-order valence-corrected chi connectivity index (χ3v) is 4.08. The standard InChI is InChI=1S/C18H24N4O2/c1-5-14-7-9-15(10-8-14)20-18(24)17(23)19-11-16-12(3)21-22(6-2)13(16)4/h7-10H,5-6,11H2,1-4H3,(H,19,23)(H,20,24). The van der Waals surface area contributed by atoms with E-state index in [0.29, 0.717) is 12.2 Å². The molecule has 1 heterocycles. The maximum Gasteiger partial charge on any atom is 0.313 e. The van der Waals surface area contributed by atoms with E-state index in [9.17, 15) is 9.59 Å². The topological polar surface area (TPSA) is 76.0 Å². The molecule has 2 N–H and O–H groups in total. The van der Waals surface area contributed by atoms with Crippen LogP contribution in [0.5, 0.6) is 0 Å². The van der Waals surface area contributed by atoms with Crippen LogP contribution in [-0.4, -0.2) is 21.6 Å². The van der Waals surface area contributed by atoms with Gasteiger partial charge in [-0.3, -0.25) is 14.3 Å². The smallest absolute Gasteiger partial charge is 0.313 e. The molecule has 2 rings (SSSR count). The van der Waals surface area contributed by atoms with E-state index in [2.05, 4.69) is 22.7 Å². The zero-order chi connectivity index (χ0) is 17.7. The number of nitrogens with one attached hydrogen (secondary N) is 2. The first kappa shape index (κ1) is 17.7. The van der Waals surface area contributed by atoms with Gasteiger partial charge in [0.05, 0.1) is 5.69 Å². The van der Waals surface area contributed by atoms with E-state index in [1.54, 1.807) is 12.1 Å². The summed E-state index contributed by atoms with van der Waals surface area (Å²) in [6, 6.07) is 7.45. The van der Waals surface area contributed by atoms with Crippen LogP contribution in [0.2, 0.25) is 0 Å². The molecule has 0 saturated heterocycles. The summed E-state index contributed by atoms with van der Waals surface area (Å²) in [6.07, 6.45) is 0.929. The molecule has 0 bridgehead atoms. The molecule has 0 atom stereocenters. The van der Waals surface area contributed by atoms with Crippen LogP contribution in [0.1, 0.15) is 36.4 Å². The molecule has 2 aromatic rings. The number of rotatable bonds is 5. The maximum atomic E-state index is 12.0. The van der Waals surface area contributed by atoms with Crippen molar-refractivity contribution in [2.75, 3.05) is 5.32 Å². The fourth-order valence-electron chi connectivity index (χ4n) is 2.56. The zero-order valence-corrected chi connectivity index (χ0v) is 14.6. The maximum absolute atomic E-state index is 12.0. The molecule has 0 spiro atoms. The lowest BCUT2D eigenvalue weighted by Crippen LogP contribution is -2.35. The molecule has 128 valence electrons. The van der Waals surface area contributed by atoms with Crippen LogP contribution >= 0.6 is 0 Å². The highest BCUT2D eigenvalue weighted by molar-refractivity contribution is 6.39. The minimum Gasteiger partial charge on any atom is -0.344 e. The summed E-state index contributed by atoms with van der Waals surface area (Å²) >= 11 is 0. The van der Waals surface area contributed by atoms with E-state index >= 15 is 0 Å². The van der Waals surface area contributed by atoms with Gasteiger partial charge in [0.2, 0.25) is 0 Å². The normalized spacial score (nSPS) is 10.5. The number of benzene rings is 1. The lowest BCUT2D eigenvalue weighted by molar-refractivity contribution is -0.136. The molecule has 1 aromatic heterocycles. The van der Waals surface area contributed by atoms with Crippen LogP contribution in [-0.2, 0) is 29.1 Å². The van der Waals surface area contributed by atoms with Crippen molar-refractivity contribution in [1.29, 1.82) is 0 Å². The average Bonchev–Trinajstić information content (AvgIpc) is 2.86. The Kier molecular flexibility index (Phi) is 5.73. The van der Waals surface area contributed by atoms with Crippen LogP contribution in [0.25, 0.3) is 0 Å². The van der Waals surface area contributed by atoms with Gasteiger partial charge in [-0.05, 0) is 44.9 Å². The van der Waals surface area contributed by atoms with Gasteiger partial charge >= 0.3 is 11.8 Å². The lowest BCUT2D eigenvalue weighted by atomic mass is 10.1. The number of carbonyl (C=O) groups is 2. The van der Waals surface area contributed by atoms with Gasteiger partial charge in [-0.25, -0.2) is 0 Å². The van der Waals surface area contributed by atoms with Crippen LogP contribution < -0.4 is 10.6 Å². The third kappa shape index (κ3) is 4.01. The van der Waals surface area contributed by atoms with Gasteiger partial charge in [0, 0.05) is 30.0 Å². The number of amides is 2. The summed E-state index contributed by atoms with van der Waals surface area (Å²) in [4.78, 5) is 24.0. The number of nitrogens with zero attached hydrogens (tertiary/aromatic N) is 2. The summed E-state index contributed by atoms with van der Waals surface area (Å²) < 4.78 is 1.88. The molecule has 0 unspecified atom stereocenters. The molecule has 0 fully saturated rings. The summed E-state index contributed by atoms with van der Waals surface area (Å²) in [5.41, 5.74) is 4.61. The quantitative estimate of drug-likeness (QED) is 0.827. The van der Waals surface area contributed by atoms with E-state index in [1.165, 1.54) is 5.56 Å². The highest BCUT2D eigenvalue weighted by Gasteiger charge is 2.16. The van der Waals surface area contributed by atoms with Crippen LogP contribution in [0.15, 0.2) is 24.3 Å². The number of anilines is 1. The Morgan fingerprint density at radius 1 is 1.08 bits per heavy atom. The largest absolute Gasteiger partial charge is 0.344 e. The molecule has 0 aliphatic heterocycles. The monoisotopic (exact) mass is 328 g/mol. The average molecular weight is 328 g/mol. The van der Waals surface area contributed by atoms with Crippen LogP contribution in [0.4, 0.5) is 5.69 Å². The fraction of sp³-hybridized carbons (Fsp3) is 0.389. The van der Waals surface area contributed by atoms with Crippen molar-refractivity contribution in [3.05, 3.63) is 46.8 Å². The molecule has 6 nitrogen and oxygen atoms in total. The van der Waals surface area contributed by atoms with E-state index in [-0.39, 0.29) is 0 Å². The zero-order valence-electron chi connectivity index (χ0n) is 14.6. The Balaban J connectivity index is 1.94. The predicted octanol–water partition coefficient (Wildman–Crippen LogP) is 2.34. The second-order valence-electron chi connectivity index (χ2n) is 5.65. The second-order valence-corrected chi connectivity index (χ2v) is 5.65. The Morgan fingerprint density at radius 3 is 2.29 bits per heavy atom. The highest BCUT2D eigenvalue weighted by Crippen LogP contribution is 2.13. The van der Waals surface area contributed by atoms with Crippen LogP contribution in [0.3, 0.4) is 0 Å². The number of aryl methyl sites for hydroxylation is 3. The summed E-state index contributed by atoms with van der Waals surface area (Å²) in [5, 5.41) is 9.66. The number of aromatic nitrogens is 2. The molecule has 6 heteroatoms. The third-order valence-electron chi connectivity index (χ3n) is 4.08. The number of hydrogen-bond donors (Lipinski definition) is 2. The molecule has 0 aliphatic rings. The van der Waals surface area contributed by atoms with Gasteiger partial charge in [-0.15, -0.1) is 0 Å². The highest BCUT2D eigenvalue weighted by atomic mass is 16.2. The van der Waals surface area contributed by atoms with Crippen molar-refractivity contribution < 1.29 is 9.59 Å². The predicted molar refractivity (Wildman–Crippen MR) is 93.7 cm³/mol. The Hall–Kier alpha value is -2.63. The van der Waals surface area contributed by atoms with Gasteiger partial charge in [0.1, 0.15) is 0 Å². The summed E-state index contributed by atoms with van der Waals surface area (Å²) in [7, 11) is 0. The Morgan fingerprint density at radius 2 is 1.75 bits per heavy atom. The second kappa shape index (κ2) is 7.77. The number of hydrogen-bond acceptors (Lipinski definition) is 3. The molecule has 1 aromatic carbocycles. The Labute approximate surface area is 142 Å². The minimum atomic E-state index is -0.669. The minimum absolute atomic E-state index is 0.290. The number of carbonyl (C=O) groups excluding carboxylic acids is 2. The van der Waals surface area contributed by atoms with Crippen molar-refractivity contribution in [3.63, 3.8) is 0 Å². The van der Waals surface area contributed by atoms with Crippen molar-refractivity contribution >= 4 is 17.5 Å². The fourth-order valence-corrected chi connectivity index (χ4v) is 2.56. The van der Waals surface area contributed by atoms with E-state index < -0.39 is 11.8 Å². The van der Waals surface area contributed by atoms with Gasteiger partial charge < -0.3 is 10.6 Å². The molecule has 0 aliphatic carbocycles. The molecule has 2 amide bonds. The Bertz CT molecular complexity index is 732. The van der Waals surface area contributed by atoms with Gasteiger partial charge in [0.25, 0.3) is 0 Å². The summed E-state index contributed by atoms with van der Waals surface area (Å²) in [5.74, 6) is -1.32. The molecular formula is C18H24N4O2. The van der Waals surface area contributed by atoms with E-state index in [0.717, 1.165) is 29.9 Å². The molecule has 0 radical (unpaired) electrons. The molecular weight excluding hydrogens is 304 g/mol. The van der Waals surface area contributed by atoms with Crippen molar-refractivity contribution in [2.45, 2.75) is 47.2 Å². The lowest BCUT2D eigenvalue weighted by Gasteiger charge is -2.08. The van der Waals surface area contributed by atoms with Crippen molar-refractivity contribution in [2.24, 2.45) is 0 Å². The summed E-state index contributed by atoms with van der Waals surface area (Å²) in [6.45, 7) is 8.99. The first-order valence-electron chi connectivity index (χ1n) is 8.17. The van der Waals surface area contributed by atoms with Crippen molar-refractivity contribution in [3.8, 4) is 0 Å².